The van der Waals surface area contributed by atoms with E-state index in [-0.39, 0.29) is 11.7 Å². The molecule has 8 heteroatoms. The lowest BCUT2D eigenvalue weighted by molar-refractivity contribution is -0.118. The van der Waals surface area contributed by atoms with Crippen molar-refractivity contribution < 1.29 is 18.7 Å². The van der Waals surface area contributed by atoms with Crippen LogP contribution in [0.2, 0.25) is 0 Å². The molecule has 1 heterocycles. The van der Waals surface area contributed by atoms with E-state index in [2.05, 4.69) is 21.6 Å². The molecule has 0 saturated carbocycles. The van der Waals surface area contributed by atoms with Gasteiger partial charge in [-0.15, -0.1) is 10.2 Å². The van der Waals surface area contributed by atoms with Gasteiger partial charge in [0.1, 0.15) is 0 Å². The Bertz CT molecular complexity index is 983. The highest BCUT2D eigenvalue weighted by Gasteiger charge is 2.12. The second kappa shape index (κ2) is 9.47. The monoisotopic (exact) mass is 413 g/mol. The van der Waals surface area contributed by atoms with Crippen molar-refractivity contribution in [3.8, 4) is 23.0 Å². The molecule has 1 aromatic heterocycles. The van der Waals surface area contributed by atoms with Gasteiger partial charge in [-0.05, 0) is 43.7 Å². The van der Waals surface area contributed by atoms with E-state index >= 15 is 0 Å². The topological polar surface area (TPSA) is 86.5 Å². The van der Waals surface area contributed by atoms with Crippen LogP contribution in [0.3, 0.4) is 0 Å². The summed E-state index contributed by atoms with van der Waals surface area (Å²) in [5.74, 6) is 1.77. The molecular weight excluding hydrogens is 390 g/mol. The molecule has 3 aromatic rings. The number of aryl methyl sites for hydroxylation is 2. The van der Waals surface area contributed by atoms with Crippen molar-refractivity contribution in [2.45, 2.75) is 25.6 Å². The van der Waals surface area contributed by atoms with Crippen molar-refractivity contribution in [3.63, 3.8) is 0 Å². The molecule has 0 aliphatic rings. The van der Waals surface area contributed by atoms with Crippen molar-refractivity contribution in [1.82, 2.24) is 15.5 Å². The Labute approximate surface area is 173 Å². The Kier molecular flexibility index (Phi) is 6.77. The van der Waals surface area contributed by atoms with Gasteiger partial charge in [-0.3, -0.25) is 4.79 Å². The van der Waals surface area contributed by atoms with Gasteiger partial charge >= 0.3 is 0 Å². The SMILES string of the molecule is COc1ccc(CNC(=O)CSc2nnc(-c3cc(C)cc(C)c3)o2)cc1OC. The van der Waals surface area contributed by atoms with Crippen LogP contribution in [-0.2, 0) is 11.3 Å². The minimum atomic E-state index is -0.129. The van der Waals surface area contributed by atoms with Crippen molar-refractivity contribution in [3.05, 3.63) is 53.1 Å². The van der Waals surface area contributed by atoms with Crippen LogP contribution in [0.15, 0.2) is 46.0 Å². The van der Waals surface area contributed by atoms with Crippen molar-refractivity contribution in [2.75, 3.05) is 20.0 Å². The number of rotatable bonds is 8. The molecular formula is C21H23N3O4S. The molecule has 0 atom stereocenters. The summed E-state index contributed by atoms with van der Waals surface area (Å²) in [5.41, 5.74) is 4.04. The average molecular weight is 413 g/mol. The van der Waals surface area contributed by atoms with E-state index < -0.39 is 0 Å². The Morgan fingerprint density at radius 2 is 1.76 bits per heavy atom. The molecule has 152 valence electrons. The summed E-state index contributed by atoms with van der Waals surface area (Å²) < 4.78 is 16.2. The molecule has 1 amide bonds. The molecule has 0 fully saturated rings. The number of ether oxygens (including phenoxy) is 2. The van der Waals surface area contributed by atoms with Gasteiger partial charge < -0.3 is 19.2 Å². The van der Waals surface area contributed by atoms with Gasteiger partial charge in [0.2, 0.25) is 11.8 Å². The number of nitrogens with one attached hydrogen (secondary N) is 1. The number of methoxy groups -OCH3 is 2. The maximum absolute atomic E-state index is 12.2. The lowest BCUT2D eigenvalue weighted by Gasteiger charge is -2.10. The molecule has 7 nitrogen and oxygen atoms in total. The summed E-state index contributed by atoms with van der Waals surface area (Å²) in [6.07, 6.45) is 0. The summed E-state index contributed by atoms with van der Waals surface area (Å²) in [7, 11) is 3.16. The zero-order valence-electron chi connectivity index (χ0n) is 16.8. The first-order chi connectivity index (χ1) is 14.0. The molecule has 29 heavy (non-hydrogen) atoms. The van der Waals surface area contributed by atoms with Gasteiger partial charge in [0.05, 0.1) is 20.0 Å². The minimum absolute atomic E-state index is 0.129. The van der Waals surface area contributed by atoms with Crippen molar-refractivity contribution in [1.29, 1.82) is 0 Å². The van der Waals surface area contributed by atoms with E-state index in [4.69, 9.17) is 13.9 Å². The summed E-state index contributed by atoms with van der Waals surface area (Å²) in [6, 6.07) is 11.6. The van der Waals surface area contributed by atoms with Gasteiger partial charge in [0, 0.05) is 12.1 Å². The number of hydrogen-bond donors (Lipinski definition) is 1. The second-order valence-electron chi connectivity index (χ2n) is 6.50. The first-order valence-corrected chi connectivity index (χ1v) is 9.99. The van der Waals surface area contributed by atoms with Gasteiger partial charge in [0.15, 0.2) is 11.5 Å². The number of aromatic nitrogens is 2. The first kappa shape index (κ1) is 20.7. The number of hydrogen-bond acceptors (Lipinski definition) is 7. The highest BCUT2D eigenvalue weighted by molar-refractivity contribution is 7.99. The number of nitrogens with zero attached hydrogens (tertiary/aromatic N) is 2. The van der Waals surface area contributed by atoms with Crippen LogP contribution < -0.4 is 14.8 Å². The molecule has 0 aliphatic carbocycles. The van der Waals surface area contributed by atoms with Crippen LogP contribution in [0, 0.1) is 13.8 Å². The molecule has 0 bridgehead atoms. The Hall–Kier alpha value is -3.00. The third-order valence-electron chi connectivity index (χ3n) is 4.14. The quantitative estimate of drug-likeness (QED) is 0.562. The zero-order valence-corrected chi connectivity index (χ0v) is 17.6. The minimum Gasteiger partial charge on any atom is -0.493 e. The predicted molar refractivity (Wildman–Crippen MR) is 111 cm³/mol. The third-order valence-corrected chi connectivity index (χ3v) is 4.96. The number of benzene rings is 2. The van der Waals surface area contributed by atoms with Crippen LogP contribution in [0.4, 0.5) is 0 Å². The van der Waals surface area contributed by atoms with E-state index in [0.29, 0.717) is 29.2 Å². The molecule has 0 unspecified atom stereocenters. The van der Waals surface area contributed by atoms with E-state index in [0.717, 1.165) is 22.3 Å². The summed E-state index contributed by atoms with van der Waals surface area (Å²) in [5, 5.41) is 11.3. The van der Waals surface area contributed by atoms with Crippen LogP contribution >= 0.6 is 11.8 Å². The lowest BCUT2D eigenvalue weighted by Crippen LogP contribution is -2.24. The maximum atomic E-state index is 12.2. The molecule has 0 radical (unpaired) electrons. The summed E-state index contributed by atoms with van der Waals surface area (Å²) >= 11 is 1.20. The predicted octanol–water partition coefficient (Wildman–Crippen LogP) is 3.78. The Morgan fingerprint density at radius 1 is 1.03 bits per heavy atom. The second-order valence-corrected chi connectivity index (χ2v) is 7.43. The van der Waals surface area contributed by atoms with Crippen LogP contribution in [0.25, 0.3) is 11.5 Å². The molecule has 0 spiro atoms. The van der Waals surface area contributed by atoms with Crippen LogP contribution in [0.1, 0.15) is 16.7 Å². The molecule has 1 N–H and O–H groups in total. The highest BCUT2D eigenvalue weighted by atomic mass is 32.2. The van der Waals surface area contributed by atoms with Gasteiger partial charge in [-0.2, -0.15) is 0 Å². The Morgan fingerprint density at radius 3 is 2.45 bits per heavy atom. The number of amides is 1. The maximum Gasteiger partial charge on any atom is 0.277 e. The van der Waals surface area contributed by atoms with E-state index in [1.54, 1.807) is 14.2 Å². The summed E-state index contributed by atoms with van der Waals surface area (Å²) in [6.45, 7) is 4.42. The van der Waals surface area contributed by atoms with E-state index in [9.17, 15) is 4.79 Å². The third kappa shape index (κ3) is 5.51. The van der Waals surface area contributed by atoms with Gasteiger partial charge in [-0.1, -0.05) is 35.0 Å². The number of carbonyl (C=O) groups excluding carboxylic acids is 1. The molecule has 0 aliphatic heterocycles. The van der Waals surface area contributed by atoms with Crippen molar-refractivity contribution in [2.24, 2.45) is 0 Å². The molecule has 0 saturated heterocycles. The van der Waals surface area contributed by atoms with Crippen LogP contribution in [-0.4, -0.2) is 36.1 Å². The van der Waals surface area contributed by atoms with E-state index in [1.165, 1.54) is 11.8 Å². The van der Waals surface area contributed by atoms with E-state index in [1.807, 2.05) is 44.2 Å². The molecule has 3 rings (SSSR count). The zero-order chi connectivity index (χ0) is 20.8. The Balaban J connectivity index is 1.53. The fourth-order valence-corrected chi connectivity index (χ4v) is 3.45. The lowest BCUT2D eigenvalue weighted by atomic mass is 10.1. The number of carbonyl (C=O) groups is 1. The smallest absolute Gasteiger partial charge is 0.277 e. The van der Waals surface area contributed by atoms with Crippen molar-refractivity contribution >= 4 is 17.7 Å². The first-order valence-electron chi connectivity index (χ1n) is 9.01. The van der Waals surface area contributed by atoms with Crippen LogP contribution in [0.5, 0.6) is 11.5 Å². The standard InChI is InChI=1S/C21H23N3O4S/c1-13-7-14(2)9-16(8-13)20-23-24-21(28-20)29-12-19(25)22-11-15-5-6-17(26-3)18(10-15)27-4/h5-10H,11-12H2,1-4H3,(H,22,25). The summed E-state index contributed by atoms with van der Waals surface area (Å²) in [4.78, 5) is 12.2. The fraction of sp³-hybridized carbons (Fsp3) is 0.286. The van der Waals surface area contributed by atoms with Gasteiger partial charge in [-0.25, -0.2) is 0 Å². The molecule has 2 aromatic carbocycles. The average Bonchev–Trinajstić information content (AvgIpc) is 3.19. The fourth-order valence-electron chi connectivity index (χ4n) is 2.85. The van der Waals surface area contributed by atoms with Gasteiger partial charge in [0.25, 0.3) is 5.22 Å². The normalized spacial score (nSPS) is 10.6. The number of thioether (sulfide) groups is 1. The highest BCUT2D eigenvalue weighted by Crippen LogP contribution is 2.27. The largest absolute Gasteiger partial charge is 0.493 e.